The molecule has 74 valence electrons. The average molecular weight is 219 g/mol. The fraction of sp³-hybridized carbons (Fsp3) is 0.667. The van der Waals surface area contributed by atoms with E-state index in [1.807, 2.05) is 11.6 Å². The van der Waals surface area contributed by atoms with Crippen LogP contribution in [-0.4, -0.2) is 16.9 Å². The number of nitrogens with zero attached hydrogens (tertiary/aromatic N) is 1. The number of thiazole rings is 1. The standard InChI is InChI=1S/C9H15ClN2S/c1-7(5-10)8(2)12-6-9-11-3-4-13-9/h3-4,7-8,12H,5-6H2,1-2H3. The minimum Gasteiger partial charge on any atom is -0.308 e. The number of hydrogen-bond donors (Lipinski definition) is 1. The zero-order valence-corrected chi connectivity index (χ0v) is 9.53. The highest BCUT2D eigenvalue weighted by Gasteiger charge is 2.10. The average Bonchev–Trinajstić information content (AvgIpc) is 2.65. The van der Waals surface area contributed by atoms with E-state index in [0.29, 0.717) is 17.8 Å². The van der Waals surface area contributed by atoms with E-state index in [0.717, 1.165) is 11.6 Å². The Morgan fingerprint density at radius 3 is 2.92 bits per heavy atom. The first-order valence-corrected chi connectivity index (χ1v) is 5.83. The Hall–Kier alpha value is -0.120. The second-order valence-corrected chi connectivity index (χ2v) is 4.51. The summed E-state index contributed by atoms with van der Waals surface area (Å²) in [5.74, 6) is 1.20. The fourth-order valence-corrected chi connectivity index (χ4v) is 1.76. The third kappa shape index (κ3) is 3.63. The van der Waals surface area contributed by atoms with E-state index >= 15 is 0 Å². The van der Waals surface area contributed by atoms with Crippen LogP contribution in [-0.2, 0) is 6.54 Å². The second-order valence-electron chi connectivity index (χ2n) is 3.23. The number of alkyl halides is 1. The first-order chi connectivity index (χ1) is 6.24. The van der Waals surface area contributed by atoms with Crippen molar-refractivity contribution in [3.8, 4) is 0 Å². The molecule has 1 aromatic heterocycles. The maximum atomic E-state index is 5.75. The van der Waals surface area contributed by atoms with Crippen LogP contribution >= 0.6 is 22.9 Å². The topological polar surface area (TPSA) is 24.9 Å². The van der Waals surface area contributed by atoms with Gasteiger partial charge in [0.15, 0.2) is 0 Å². The zero-order chi connectivity index (χ0) is 9.68. The maximum absolute atomic E-state index is 5.75. The molecule has 0 saturated heterocycles. The van der Waals surface area contributed by atoms with E-state index in [1.54, 1.807) is 11.3 Å². The molecule has 2 nitrogen and oxygen atoms in total. The largest absolute Gasteiger partial charge is 0.308 e. The highest BCUT2D eigenvalue weighted by molar-refractivity contribution is 7.09. The first-order valence-electron chi connectivity index (χ1n) is 4.41. The number of nitrogens with one attached hydrogen (secondary N) is 1. The summed E-state index contributed by atoms with van der Waals surface area (Å²) in [6, 6.07) is 0.446. The number of aromatic nitrogens is 1. The summed E-state index contributed by atoms with van der Waals surface area (Å²) in [7, 11) is 0. The van der Waals surface area contributed by atoms with Crippen molar-refractivity contribution < 1.29 is 0 Å². The molecule has 1 rings (SSSR count). The predicted octanol–water partition coefficient (Wildman–Crippen LogP) is 2.50. The van der Waals surface area contributed by atoms with Gasteiger partial charge in [-0.05, 0) is 12.8 Å². The number of hydrogen-bond acceptors (Lipinski definition) is 3. The molecule has 2 unspecified atom stereocenters. The smallest absolute Gasteiger partial charge is 0.106 e. The van der Waals surface area contributed by atoms with Crippen molar-refractivity contribution in [1.29, 1.82) is 0 Å². The van der Waals surface area contributed by atoms with Gasteiger partial charge in [-0.2, -0.15) is 0 Å². The van der Waals surface area contributed by atoms with Gasteiger partial charge in [-0.25, -0.2) is 4.98 Å². The molecule has 0 radical (unpaired) electrons. The SMILES string of the molecule is CC(CCl)C(C)NCc1nccs1. The van der Waals surface area contributed by atoms with Gasteiger partial charge in [-0.3, -0.25) is 0 Å². The summed E-state index contributed by atoms with van der Waals surface area (Å²) < 4.78 is 0. The van der Waals surface area contributed by atoms with E-state index in [4.69, 9.17) is 11.6 Å². The predicted molar refractivity (Wildman–Crippen MR) is 58.3 cm³/mol. The van der Waals surface area contributed by atoms with Gasteiger partial charge in [0.2, 0.25) is 0 Å². The summed E-state index contributed by atoms with van der Waals surface area (Å²) >= 11 is 7.43. The first kappa shape index (κ1) is 11.0. The van der Waals surface area contributed by atoms with Crippen molar-refractivity contribution in [2.24, 2.45) is 5.92 Å². The quantitative estimate of drug-likeness (QED) is 0.769. The summed E-state index contributed by atoms with van der Waals surface area (Å²) in [5, 5.41) is 6.52. The summed E-state index contributed by atoms with van der Waals surface area (Å²) in [6.07, 6.45) is 1.83. The minimum atomic E-state index is 0.446. The van der Waals surface area contributed by atoms with Crippen molar-refractivity contribution in [2.45, 2.75) is 26.4 Å². The lowest BCUT2D eigenvalue weighted by Gasteiger charge is -2.18. The van der Waals surface area contributed by atoms with Crippen LogP contribution in [0.3, 0.4) is 0 Å². The molecule has 1 aromatic rings. The van der Waals surface area contributed by atoms with Gasteiger partial charge in [-0.1, -0.05) is 6.92 Å². The Labute approximate surface area is 88.3 Å². The van der Waals surface area contributed by atoms with E-state index in [-0.39, 0.29) is 0 Å². The lowest BCUT2D eigenvalue weighted by Crippen LogP contribution is -2.32. The molecule has 0 saturated carbocycles. The van der Waals surface area contributed by atoms with E-state index in [9.17, 15) is 0 Å². The molecule has 1 N–H and O–H groups in total. The Morgan fingerprint density at radius 2 is 2.38 bits per heavy atom. The number of rotatable bonds is 5. The molecule has 0 aromatic carbocycles. The molecule has 4 heteroatoms. The molecule has 0 amide bonds. The van der Waals surface area contributed by atoms with Crippen LogP contribution in [0.25, 0.3) is 0 Å². The van der Waals surface area contributed by atoms with Crippen LogP contribution in [0.4, 0.5) is 0 Å². The highest BCUT2D eigenvalue weighted by Crippen LogP contribution is 2.07. The van der Waals surface area contributed by atoms with E-state index in [1.165, 1.54) is 0 Å². The molecule has 0 aliphatic rings. The Bertz CT molecular complexity index is 226. The minimum absolute atomic E-state index is 0.446. The molecular formula is C9H15ClN2S. The fourth-order valence-electron chi connectivity index (χ4n) is 0.923. The molecular weight excluding hydrogens is 204 g/mol. The van der Waals surface area contributed by atoms with Crippen molar-refractivity contribution in [3.63, 3.8) is 0 Å². The molecule has 0 spiro atoms. The van der Waals surface area contributed by atoms with Gasteiger partial charge in [-0.15, -0.1) is 22.9 Å². The van der Waals surface area contributed by atoms with Crippen molar-refractivity contribution >= 4 is 22.9 Å². The molecule has 0 aliphatic carbocycles. The van der Waals surface area contributed by atoms with Crippen molar-refractivity contribution in [2.75, 3.05) is 5.88 Å². The van der Waals surface area contributed by atoms with Gasteiger partial charge in [0.05, 0.1) is 0 Å². The summed E-state index contributed by atoms with van der Waals surface area (Å²) in [5.41, 5.74) is 0. The van der Waals surface area contributed by atoms with Crippen LogP contribution in [0.5, 0.6) is 0 Å². The lowest BCUT2D eigenvalue weighted by atomic mass is 10.1. The van der Waals surface area contributed by atoms with Crippen LogP contribution in [0.1, 0.15) is 18.9 Å². The van der Waals surface area contributed by atoms with Gasteiger partial charge >= 0.3 is 0 Å². The van der Waals surface area contributed by atoms with Crippen LogP contribution < -0.4 is 5.32 Å². The van der Waals surface area contributed by atoms with Crippen LogP contribution in [0.15, 0.2) is 11.6 Å². The Morgan fingerprint density at radius 1 is 1.62 bits per heavy atom. The van der Waals surface area contributed by atoms with Gasteiger partial charge in [0.25, 0.3) is 0 Å². The van der Waals surface area contributed by atoms with Crippen molar-refractivity contribution in [3.05, 3.63) is 16.6 Å². The van der Waals surface area contributed by atoms with Gasteiger partial charge in [0.1, 0.15) is 5.01 Å². The Balaban J connectivity index is 2.26. The zero-order valence-electron chi connectivity index (χ0n) is 7.96. The molecule has 1 heterocycles. The lowest BCUT2D eigenvalue weighted by molar-refractivity contribution is 0.429. The van der Waals surface area contributed by atoms with E-state index < -0.39 is 0 Å². The molecule has 0 fully saturated rings. The second kappa shape index (κ2) is 5.58. The third-order valence-electron chi connectivity index (χ3n) is 2.16. The monoisotopic (exact) mass is 218 g/mol. The highest BCUT2D eigenvalue weighted by atomic mass is 35.5. The van der Waals surface area contributed by atoms with Crippen LogP contribution in [0.2, 0.25) is 0 Å². The van der Waals surface area contributed by atoms with Crippen LogP contribution in [0, 0.1) is 5.92 Å². The van der Waals surface area contributed by atoms with E-state index in [2.05, 4.69) is 24.1 Å². The molecule has 2 atom stereocenters. The summed E-state index contributed by atoms with van der Waals surface area (Å²) in [6.45, 7) is 5.15. The van der Waals surface area contributed by atoms with Crippen molar-refractivity contribution in [1.82, 2.24) is 10.3 Å². The van der Waals surface area contributed by atoms with Gasteiger partial charge < -0.3 is 5.32 Å². The maximum Gasteiger partial charge on any atom is 0.106 e. The molecule has 13 heavy (non-hydrogen) atoms. The molecule has 0 aliphatic heterocycles. The molecule has 0 bridgehead atoms. The number of halogens is 1. The Kier molecular flexibility index (Phi) is 4.70. The summed E-state index contributed by atoms with van der Waals surface area (Å²) in [4.78, 5) is 4.20. The normalized spacial score (nSPS) is 15.6. The third-order valence-corrected chi connectivity index (χ3v) is 3.42. The van der Waals surface area contributed by atoms with Gasteiger partial charge in [0, 0.05) is 30.0 Å².